The van der Waals surface area contributed by atoms with E-state index in [0.29, 0.717) is 11.0 Å². The third-order valence-corrected chi connectivity index (χ3v) is 3.99. The number of carbonyl (C=O) groups excluding carboxylic acids is 1. The predicted molar refractivity (Wildman–Crippen MR) is 84.6 cm³/mol. The maximum atomic E-state index is 12.0. The molecule has 1 aromatic heterocycles. The van der Waals surface area contributed by atoms with Crippen molar-refractivity contribution in [1.29, 1.82) is 0 Å². The van der Waals surface area contributed by atoms with E-state index in [9.17, 15) is 4.79 Å². The lowest BCUT2D eigenvalue weighted by atomic mass is 10.0. The molecule has 5 nitrogen and oxygen atoms in total. The summed E-state index contributed by atoms with van der Waals surface area (Å²) in [5, 5.41) is 3.38. The van der Waals surface area contributed by atoms with Crippen LogP contribution in [0.5, 0.6) is 5.75 Å². The van der Waals surface area contributed by atoms with Gasteiger partial charge in [-0.05, 0) is 37.1 Å². The summed E-state index contributed by atoms with van der Waals surface area (Å²) in [6.45, 7) is 4.02. The Kier molecular flexibility index (Phi) is 5.27. The second kappa shape index (κ2) is 7.17. The maximum absolute atomic E-state index is 12.0. The Labute approximate surface area is 128 Å². The van der Waals surface area contributed by atoms with Crippen LogP contribution in [-0.4, -0.2) is 22.4 Å². The largest absolute Gasteiger partial charge is 0.497 e. The highest BCUT2D eigenvalue weighted by atomic mass is 32.1. The molecule has 112 valence electrons. The Morgan fingerprint density at radius 2 is 1.95 bits per heavy atom. The quantitative estimate of drug-likeness (QED) is 0.886. The van der Waals surface area contributed by atoms with Gasteiger partial charge in [-0.15, -0.1) is 0 Å². The Morgan fingerprint density at radius 1 is 1.29 bits per heavy atom. The van der Waals surface area contributed by atoms with Crippen molar-refractivity contribution < 1.29 is 9.53 Å². The molecule has 1 N–H and O–H groups in total. The number of rotatable bonds is 6. The molecule has 21 heavy (non-hydrogen) atoms. The highest BCUT2D eigenvalue weighted by Gasteiger charge is 2.16. The maximum Gasteiger partial charge on any atom is 0.229 e. The van der Waals surface area contributed by atoms with Crippen LogP contribution in [0, 0.1) is 5.92 Å². The van der Waals surface area contributed by atoms with Crippen LogP contribution in [0.3, 0.4) is 0 Å². The summed E-state index contributed by atoms with van der Waals surface area (Å²) in [4.78, 5) is 16.4. The van der Waals surface area contributed by atoms with Gasteiger partial charge in [0.1, 0.15) is 5.75 Å². The zero-order valence-corrected chi connectivity index (χ0v) is 13.2. The standard InChI is InChI=1S/C15H19N3O2S/c1-4-10(5-2)14(19)17-15-16-13(18-21-15)11-6-8-12(20-3)9-7-11/h6-10H,4-5H2,1-3H3,(H,16,17,18,19). The van der Waals surface area contributed by atoms with Crippen molar-refractivity contribution in [2.45, 2.75) is 26.7 Å². The summed E-state index contributed by atoms with van der Waals surface area (Å²) in [7, 11) is 1.63. The molecule has 2 aromatic rings. The van der Waals surface area contributed by atoms with E-state index >= 15 is 0 Å². The Bertz CT molecular complexity index is 591. The van der Waals surface area contributed by atoms with Crippen LogP contribution in [0.4, 0.5) is 5.13 Å². The molecule has 0 radical (unpaired) electrons. The summed E-state index contributed by atoms with van der Waals surface area (Å²) in [6.07, 6.45) is 1.65. The van der Waals surface area contributed by atoms with Crippen molar-refractivity contribution in [1.82, 2.24) is 9.36 Å². The first-order valence-corrected chi connectivity index (χ1v) is 7.74. The third-order valence-electron chi connectivity index (χ3n) is 3.36. The number of ether oxygens (including phenoxy) is 1. The SMILES string of the molecule is CCC(CC)C(=O)Nc1nc(-c2ccc(OC)cc2)ns1. The molecule has 0 aliphatic carbocycles. The van der Waals surface area contributed by atoms with Crippen molar-refractivity contribution >= 4 is 22.6 Å². The summed E-state index contributed by atoms with van der Waals surface area (Å²) in [5.74, 6) is 1.44. The first-order valence-electron chi connectivity index (χ1n) is 6.96. The molecule has 1 heterocycles. The molecule has 1 amide bonds. The molecule has 0 aliphatic rings. The molecule has 1 aromatic carbocycles. The number of methoxy groups -OCH3 is 1. The third kappa shape index (κ3) is 3.78. The van der Waals surface area contributed by atoms with Crippen molar-refractivity contribution in [3.63, 3.8) is 0 Å². The van der Waals surface area contributed by atoms with E-state index in [-0.39, 0.29) is 11.8 Å². The summed E-state index contributed by atoms with van der Waals surface area (Å²) in [6, 6.07) is 7.51. The van der Waals surface area contributed by atoms with Gasteiger partial charge in [-0.1, -0.05) is 13.8 Å². The lowest BCUT2D eigenvalue weighted by molar-refractivity contribution is -0.120. The summed E-state index contributed by atoms with van der Waals surface area (Å²) in [5.41, 5.74) is 0.898. The number of amides is 1. The molecular weight excluding hydrogens is 286 g/mol. The van der Waals surface area contributed by atoms with E-state index in [1.165, 1.54) is 11.5 Å². The molecular formula is C15H19N3O2S. The topological polar surface area (TPSA) is 64.1 Å². The number of nitrogens with zero attached hydrogens (tertiary/aromatic N) is 2. The molecule has 0 fully saturated rings. The van der Waals surface area contributed by atoms with Gasteiger partial charge in [-0.3, -0.25) is 4.79 Å². The molecule has 0 bridgehead atoms. The summed E-state index contributed by atoms with van der Waals surface area (Å²) >= 11 is 1.20. The highest BCUT2D eigenvalue weighted by molar-refractivity contribution is 7.10. The monoisotopic (exact) mass is 305 g/mol. The van der Waals surface area contributed by atoms with Gasteiger partial charge >= 0.3 is 0 Å². The second-order valence-corrected chi connectivity index (χ2v) is 5.41. The fraction of sp³-hybridized carbons (Fsp3) is 0.400. The van der Waals surface area contributed by atoms with Crippen LogP contribution in [0.25, 0.3) is 11.4 Å². The first-order chi connectivity index (χ1) is 10.2. The first kappa shape index (κ1) is 15.4. The van der Waals surface area contributed by atoms with Crippen molar-refractivity contribution in [3.8, 4) is 17.1 Å². The molecule has 6 heteroatoms. The zero-order chi connectivity index (χ0) is 15.2. The number of nitrogens with one attached hydrogen (secondary N) is 1. The molecule has 0 spiro atoms. The van der Waals surface area contributed by atoms with Gasteiger partial charge < -0.3 is 10.1 Å². The molecule has 0 aliphatic heterocycles. The van der Waals surface area contributed by atoms with Crippen LogP contribution in [-0.2, 0) is 4.79 Å². The van der Waals surface area contributed by atoms with Crippen LogP contribution < -0.4 is 10.1 Å². The van der Waals surface area contributed by atoms with Crippen molar-refractivity contribution in [2.75, 3.05) is 12.4 Å². The molecule has 2 rings (SSSR count). The summed E-state index contributed by atoms with van der Waals surface area (Å²) < 4.78 is 9.40. The van der Waals surface area contributed by atoms with Crippen molar-refractivity contribution in [2.24, 2.45) is 5.92 Å². The van der Waals surface area contributed by atoms with Crippen LogP contribution in [0.2, 0.25) is 0 Å². The van der Waals surface area contributed by atoms with Gasteiger partial charge in [-0.2, -0.15) is 9.36 Å². The van der Waals surface area contributed by atoms with E-state index in [1.54, 1.807) is 7.11 Å². The second-order valence-electron chi connectivity index (χ2n) is 4.65. The van der Waals surface area contributed by atoms with Gasteiger partial charge in [0, 0.05) is 23.0 Å². The molecule has 0 atom stereocenters. The van der Waals surface area contributed by atoms with E-state index in [1.807, 2.05) is 38.1 Å². The lowest BCUT2D eigenvalue weighted by Crippen LogP contribution is -2.21. The fourth-order valence-electron chi connectivity index (χ4n) is 2.00. The van der Waals surface area contributed by atoms with Crippen LogP contribution in [0.1, 0.15) is 26.7 Å². The van der Waals surface area contributed by atoms with Gasteiger partial charge in [-0.25, -0.2) is 0 Å². The Morgan fingerprint density at radius 3 is 2.52 bits per heavy atom. The average molecular weight is 305 g/mol. The number of anilines is 1. The number of hydrogen-bond acceptors (Lipinski definition) is 5. The fourth-order valence-corrected chi connectivity index (χ4v) is 2.59. The minimum Gasteiger partial charge on any atom is -0.497 e. The Balaban J connectivity index is 2.08. The van der Waals surface area contributed by atoms with Crippen LogP contribution in [0.15, 0.2) is 24.3 Å². The smallest absolute Gasteiger partial charge is 0.229 e. The number of aromatic nitrogens is 2. The van der Waals surface area contributed by atoms with Gasteiger partial charge in [0.15, 0.2) is 5.82 Å². The zero-order valence-electron chi connectivity index (χ0n) is 12.4. The van der Waals surface area contributed by atoms with Crippen LogP contribution >= 0.6 is 11.5 Å². The van der Waals surface area contributed by atoms with Gasteiger partial charge in [0.05, 0.1) is 7.11 Å². The number of benzene rings is 1. The molecule has 0 unspecified atom stereocenters. The van der Waals surface area contributed by atoms with Gasteiger partial charge in [0.25, 0.3) is 0 Å². The normalized spacial score (nSPS) is 10.7. The molecule has 0 saturated carbocycles. The predicted octanol–water partition coefficient (Wildman–Crippen LogP) is 3.59. The van der Waals surface area contributed by atoms with Crippen molar-refractivity contribution in [3.05, 3.63) is 24.3 Å². The number of hydrogen-bond donors (Lipinski definition) is 1. The minimum absolute atomic E-state index is 0.0115. The number of carbonyl (C=O) groups is 1. The van der Waals surface area contributed by atoms with Gasteiger partial charge in [0.2, 0.25) is 11.0 Å². The Hall–Kier alpha value is -1.95. The lowest BCUT2D eigenvalue weighted by Gasteiger charge is -2.10. The van der Waals surface area contributed by atoms with E-state index < -0.39 is 0 Å². The van der Waals surface area contributed by atoms with E-state index in [2.05, 4.69) is 14.7 Å². The van der Waals surface area contributed by atoms with E-state index in [0.717, 1.165) is 24.2 Å². The minimum atomic E-state index is 0.0115. The highest BCUT2D eigenvalue weighted by Crippen LogP contribution is 2.24. The average Bonchev–Trinajstić information content (AvgIpc) is 2.97. The molecule has 0 saturated heterocycles. The van der Waals surface area contributed by atoms with E-state index in [4.69, 9.17) is 4.74 Å².